The van der Waals surface area contributed by atoms with Crippen LogP contribution in [0, 0.1) is 11.8 Å². The monoisotopic (exact) mass is 198 g/mol. The van der Waals surface area contributed by atoms with Crippen LogP contribution >= 0.6 is 0 Å². The second kappa shape index (κ2) is 4.12. The normalized spacial score (nSPS) is 24.2. The van der Waals surface area contributed by atoms with Gasteiger partial charge in [0.05, 0.1) is 5.92 Å². The first kappa shape index (κ1) is 9.70. The number of carbonyl (C=O) groups is 1. The van der Waals surface area contributed by atoms with Crippen LogP contribution in [0.25, 0.3) is 0 Å². The minimum atomic E-state index is -1.06. The zero-order valence-corrected chi connectivity index (χ0v) is 8.05. The predicted molar refractivity (Wildman–Crippen MR) is 57.1 cm³/mol. The van der Waals surface area contributed by atoms with Gasteiger partial charge in [-0.25, -0.2) is 0 Å². The molecule has 1 N–H and O–H groups in total. The van der Waals surface area contributed by atoms with E-state index in [2.05, 4.69) is 11.8 Å². The Morgan fingerprint density at radius 3 is 2.67 bits per heavy atom. The molecule has 0 saturated carbocycles. The molecular formula is C13H10O2. The molecule has 0 heterocycles. The molecule has 1 aromatic rings. The number of ketones is 1. The van der Waals surface area contributed by atoms with Crippen molar-refractivity contribution < 1.29 is 9.90 Å². The predicted octanol–water partition coefficient (Wildman–Crippen LogP) is 1.27. The highest BCUT2D eigenvalue weighted by molar-refractivity contribution is 5.95. The molecule has 0 amide bonds. The largest absolute Gasteiger partial charge is 0.383 e. The zero-order chi connectivity index (χ0) is 10.7. The van der Waals surface area contributed by atoms with Gasteiger partial charge in [0.15, 0.2) is 5.78 Å². The summed E-state index contributed by atoms with van der Waals surface area (Å²) in [7, 11) is 0. The van der Waals surface area contributed by atoms with Crippen molar-refractivity contribution in [3.63, 3.8) is 0 Å². The SMILES string of the molecule is O=C1C=CC#CC(c2ccccc2)C1O. The number of aliphatic hydroxyl groups is 1. The Kier molecular flexibility index (Phi) is 2.66. The molecule has 2 heteroatoms. The summed E-state index contributed by atoms with van der Waals surface area (Å²) >= 11 is 0. The number of hydrogen-bond acceptors (Lipinski definition) is 2. The summed E-state index contributed by atoms with van der Waals surface area (Å²) in [5.74, 6) is 4.89. The summed E-state index contributed by atoms with van der Waals surface area (Å²) < 4.78 is 0. The molecule has 0 spiro atoms. The van der Waals surface area contributed by atoms with Gasteiger partial charge in [-0.2, -0.15) is 0 Å². The summed E-state index contributed by atoms with van der Waals surface area (Å²) in [5, 5.41) is 9.77. The number of rotatable bonds is 1. The second-order valence-corrected chi connectivity index (χ2v) is 3.36. The Morgan fingerprint density at radius 1 is 1.20 bits per heavy atom. The van der Waals surface area contributed by atoms with Gasteiger partial charge in [-0.1, -0.05) is 42.2 Å². The topological polar surface area (TPSA) is 37.3 Å². The van der Waals surface area contributed by atoms with Crippen LogP contribution in [-0.2, 0) is 4.79 Å². The molecule has 1 aromatic carbocycles. The van der Waals surface area contributed by atoms with Crippen molar-refractivity contribution in [3.8, 4) is 11.8 Å². The third kappa shape index (κ3) is 1.98. The fraction of sp³-hybridized carbons (Fsp3) is 0.154. The average molecular weight is 198 g/mol. The van der Waals surface area contributed by atoms with Crippen LogP contribution < -0.4 is 0 Å². The lowest BCUT2D eigenvalue weighted by Gasteiger charge is -2.14. The van der Waals surface area contributed by atoms with Gasteiger partial charge in [0.2, 0.25) is 0 Å². The number of aliphatic hydroxyl groups excluding tert-OH is 1. The summed E-state index contributed by atoms with van der Waals surface area (Å²) in [6.07, 6.45) is 1.74. The highest BCUT2D eigenvalue weighted by Crippen LogP contribution is 2.20. The van der Waals surface area contributed by atoms with E-state index in [9.17, 15) is 9.90 Å². The first-order chi connectivity index (χ1) is 7.29. The molecule has 0 fully saturated rings. The Bertz CT molecular complexity index is 448. The van der Waals surface area contributed by atoms with E-state index in [4.69, 9.17) is 0 Å². The van der Waals surface area contributed by atoms with Crippen LogP contribution in [0.4, 0.5) is 0 Å². The minimum Gasteiger partial charge on any atom is -0.383 e. The molecule has 2 nitrogen and oxygen atoms in total. The standard InChI is InChI=1S/C13H10O2/c14-12-9-5-4-8-11(13(12)15)10-6-2-1-3-7-10/h1-3,5-7,9,11,13,15H. The molecule has 0 saturated heterocycles. The molecule has 2 atom stereocenters. The lowest BCUT2D eigenvalue weighted by Crippen LogP contribution is -2.25. The van der Waals surface area contributed by atoms with Crippen LogP contribution in [0.1, 0.15) is 11.5 Å². The fourth-order valence-corrected chi connectivity index (χ4v) is 1.53. The van der Waals surface area contributed by atoms with Gasteiger partial charge < -0.3 is 5.11 Å². The van der Waals surface area contributed by atoms with Crippen LogP contribution in [0.2, 0.25) is 0 Å². The maximum absolute atomic E-state index is 11.4. The number of hydrogen-bond donors (Lipinski definition) is 1. The van der Waals surface area contributed by atoms with Crippen molar-refractivity contribution >= 4 is 5.78 Å². The number of carbonyl (C=O) groups excluding carboxylic acids is 1. The lowest BCUT2D eigenvalue weighted by molar-refractivity contribution is -0.122. The van der Waals surface area contributed by atoms with Gasteiger partial charge >= 0.3 is 0 Å². The van der Waals surface area contributed by atoms with E-state index < -0.39 is 12.0 Å². The van der Waals surface area contributed by atoms with Crippen molar-refractivity contribution in [3.05, 3.63) is 48.0 Å². The van der Waals surface area contributed by atoms with Crippen LogP contribution in [-0.4, -0.2) is 17.0 Å². The first-order valence-electron chi connectivity index (χ1n) is 4.73. The summed E-state index contributed by atoms with van der Waals surface area (Å²) in [5.41, 5.74) is 0.870. The van der Waals surface area contributed by atoms with Gasteiger partial charge in [0, 0.05) is 0 Å². The fourth-order valence-electron chi connectivity index (χ4n) is 1.53. The lowest BCUT2D eigenvalue weighted by atomic mass is 9.92. The van der Waals surface area contributed by atoms with Crippen molar-refractivity contribution in [2.75, 3.05) is 0 Å². The molecule has 74 valence electrons. The average Bonchev–Trinajstić information content (AvgIpc) is 2.44. The van der Waals surface area contributed by atoms with Gasteiger partial charge in [-0.05, 0) is 17.7 Å². The van der Waals surface area contributed by atoms with E-state index in [1.165, 1.54) is 12.2 Å². The Hall–Kier alpha value is -1.85. The first-order valence-corrected chi connectivity index (χ1v) is 4.73. The third-order valence-corrected chi connectivity index (χ3v) is 2.34. The maximum atomic E-state index is 11.4. The van der Waals surface area contributed by atoms with Gasteiger partial charge in [0.1, 0.15) is 6.10 Å². The van der Waals surface area contributed by atoms with E-state index in [0.29, 0.717) is 0 Å². The molecule has 2 unspecified atom stereocenters. The van der Waals surface area contributed by atoms with Crippen molar-refractivity contribution in [1.29, 1.82) is 0 Å². The van der Waals surface area contributed by atoms with Gasteiger partial charge in [0.25, 0.3) is 0 Å². The quantitative estimate of drug-likeness (QED) is 0.690. The van der Waals surface area contributed by atoms with E-state index in [-0.39, 0.29) is 5.78 Å². The van der Waals surface area contributed by atoms with Crippen LogP contribution in [0.3, 0.4) is 0 Å². The van der Waals surface area contributed by atoms with E-state index in [1.54, 1.807) is 0 Å². The van der Waals surface area contributed by atoms with Crippen molar-refractivity contribution in [2.24, 2.45) is 0 Å². The van der Waals surface area contributed by atoms with Crippen LogP contribution in [0.5, 0.6) is 0 Å². The summed E-state index contributed by atoms with van der Waals surface area (Å²) in [6, 6.07) is 9.35. The third-order valence-electron chi connectivity index (χ3n) is 2.34. The summed E-state index contributed by atoms with van der Waals surface area (Å²) in [4.78, 5) is 11.4. The molecule has 0 aromatic heterocycles. The Balaban J connectivity index is 2.37. The van der Waals surface area contributed by atoms with E-state index in [0.717, 1.165) is 5.56 Å². The highest BCUT2D eigenvalue weighted by atomic mass is 16.3. The van der Waals surface area contributed by atoms with Crippen LogP contribution in [0.15, 0.2) is 42.5 Å². The van der Waals surface area contributed by atoms with Crippen molar-refractivity contribution in [2.45, 2.75) is 12.0 Å². The Morgan fingerprint density at radius 2 is 1.93 bits per heavy atom. The molecule has 0 radical (unpaired) electrons. The number of allylic oxidation sites excluding steroid dienone is 1. The van der Waals surface area contributed by atoms with Gasteiger partial charge in [-0.15, -0.1) is 0 Å². The minimum absolute atomic E-state index is 0.304. The number of benzene rings is 1. The molecular weight excluding hydrogens is 188 g/mol. The van der Waals surface area contributed by atoms with Crippen molar-refractivity contribution in [1.82, 2.24) is 0 Å². The van der Waals surface area contributed by atoms with Gasteiger partial charge in [-0.3, -0.25) is 4.79 Å². The molecule has 1 aliphatic carbocycles. The summed E-state index contributed by atoms with van der Waals surface area (Å²) in [6.45, 7) is 0. The molecule has 0 bridgehead atoms. The molecule has 15 heavy (non-hydrogen) atoms. The Labute approximate surface area is 88.2 Å². The zero-order valence-electron chi connectivity index (χ0n) is 8.05. The molecule has 1 aliphatic rings. The smallest absolute Gasteiger partial charge is 0.186 e. The highest BCUT2D eigenvalue weighted by Gasteiger charge is 2.25. The molecule has 2 rings (SSSR count). The molecule has 0 aliphatic heterocycles. The van der Waals surface area contributed by atoms with E-state index >= 15 is 0 Å². The second-order valence-electron chi connectivity index (χ2n) is 3.36. The maximum Gasteiger partial charge on any atom is 0.186 e. The van der Waals surface area contributed by atoms with E-state index in [1.807, 2.05) is 30.3 Å².